The molecule has 1 aliphatic rings. The van der Waals surface area contributed by atoms with E-state index in [1.165, 1.54) is 13.2 Å². The molecule has 1 heterocycles. The largest absolute Gasteiger partial charge is 0.494 e. The lowest BCUT2D eigenvalue weighted by Gasteiger charge is -2.22. The van der Waals surface area contributed by atoms with Crippen LogP contribution in [0.15, 0.2) is 36.4 Å². The number of aromatic nitrogens is 1. The topological polar surface area (TPSA) is 51.2 Å². The van der Waals surface area contributed by atoms with Crippen molar-refractivity contribution in [3.8, 4) is 5.75 Å². The van der Waals surface area contributed by atoms with E-state index in [0.717, 1.165) is 53.4 Å². The molecule has 1 N–H and O–H groups in total. The second kappa shape index (κ2) is 7.82. The molecule has 0 radical (unpaired) electrons. The first-order valence-electron chi connectivity index (χ1n) is 10.0. The molecule has 3 aromatic rings. The second-order valence-electron chi connectivity index (χ2n) is 7.73. The molecule has 0 fully saturated rings. The van der Waals surface area contributed by atoms with E-state index in [2.05, 4.69) is 5.32 Å². The van der Waals surface area contributed by atoms with Gasteiger partial charge in [-0.15, -0.1) is 0 Å². The molecule has 1 atom stereocenters. The van der Waals surface area contributed by atoms with Gasteiger partial charge in [0.1, 0.15) is 0 Å². The number of hydrogen-bond acceptors (Lipinski definition) is 3. The number of rotatable bonds is 4. The van der Waals surface area contributed by atoms with Crippen LogP contribution >= 0.6 is 0 Å². The molecule has 1 amide bonds. The summed E-state index contributed by atoms with van der Waals surface area (Å²) in [6, 6.07) is 10.5. The van der Waals surface area contributed by atoms with Crippen LogP contribution in [0.4, 0.5) is 4.39 Å². The minimum atomic E-state index is -0.437. The highest BCUT2D eigenvalue weighted by Crippen LogP contribution is 2.30. The van der Waals surface area contributed by atoms with Gasteiger partial charge in [0.2, 0.25) is 0 Å². The molecule has 0 saturated heterocycles. The van der Waals surface area contributed by atoms with Gasteiger partial charge >= 0.3 is 0 Å². The molecule has 1 aromatic heterocycles. The molecule has 150 valence electrons. The van der Waals surface area contributed by atoms with Crippen molar-refractivity contribution in [2.45, 2.75) is 45.6 Å². The molecule has 0 saturated carbocycles. The van der Waals surface area contributed by atoms with E-state index in [1.54, 1.807) is 12.1 Å². The van der Waals surface area contributed by atoms with Crippen molar-refractivity contribution in [3.05, 3.63) is 70.2 Å². The molecular weight excluding hydrogens is 367 g/mol. The van der Waals surface area contributed by atoms with Gasteiger partial charge in [-0.05, 0) is 74.9 Å². The molecule has 0 aliphatic heterocycles. The lowest BCUT2D eigenvalue weighted by molar-refractivity contribution is 0.0940. The number of nitrogens with zero attached hydrogens (tertiary/aromatic N) is 1. The van der Waals surface area contributed by atoms with Gasteiger partial charge in [0.05, 0.1) is 24.2 Å². The third-order valence-electron chi connectivity index (χ3n) is 5.67. The Kier molecular flexibility index (Phi) is 5.22. The molecule has 4 nitrogen and oxygen atoms in total. The quantitative estimate of drug-likeness (QED) is 0.675. The van der Waals surface area contributed by atoms with Crippen molar-refractivity contribution >= 4 is 16.8 Å². The zero-order valence-electron chi connectivity index (χ0n) is 17.0. The standard InChI is InChI=1S/C24H25FN2O2/c1-14-8-10-21-18(12-14)23(17-6-4-5-7-20(17)27-21)24(28)26-15(2)16-9-11-22(29-3)19(25)13-16/h8-13,15H,4-7H2,1-3H3,(H,26,28). The third kappa shape index (κ3) is 3.69. The van der Waals surface area contributed by atoms with E-state index >= 15 is 0 Å². The Morgan fingerprint density at radius 1 is 1.17 bits per heavy atom. The van der Waals surface area contributed by atoms with Gasteiger partial charge in [-0.25, -0.2) is 4.39 Å². The molecule has 1 unspecified atom stereocenters. The summed E-state index contributed by atoms with van der Waals surface area (Å²) in [7, 11) is 1.43. The van der Waals surface area contributed by atoms with Crippen LogP contribution in [0.2, 0.25) is 0 Å². The zero-order chi connectivity index (χ0) is 20.5. The number of methoxy groups -OCH3 is 1. The second-order valence-corrected chi connectivity index (χ2v) is 7.73. The van der Waals surface area contributed by atoms with Crippen LogP contribution in [0.25, 0.3) is 10.9 Å². The number of ether oxygens (including phenoxy) is 1. The first-order chi connectivity index (χ1) is 14.0. The van der Waals surface area contributed by atoms with Gasteiger partial charge in [0, 0.05) is 11.1 Å². The lowest BCUT2D eigenvalue weighted by atomic mass is 9.89. The van der Waals surface area contributed by atoms with Crippen molar-refractivity contribution in [1.29, 1.82) is 0 Å². The number of halogens is 1. The first-order valence-corrected chi connectivity index (χ1v) is 10.0. The van der Waals surface area contributed by atoms with E-state index in [1.807, 2.05) is 32.0 Å². The van der Waals surface area contributed by atoms with Crippen LogP contribution < -0.4 is 10.1 Å². The first kappa shape index (κ1) is 19.4. The summed E-state index contributed by atoms with van der Waals surface area (Å²) in [5.41, 5.74) is 5.44. The summed E-state index contributed by atoms with van der Waals surface area (Å²) in [6.07, 6.45) is 3.92. The summed E-state index contributed by atoms with van der Waals surface area (Å²) in [5, 5.41) is 3.95. The van der Waals surface area contributed by atoms with E-state index in [9.17, 15) is 9.18 Å². The number of pyridine rings is 1. The number of aryl methyl sites for hydroxylation is 2. The van der Waals surface area contributed by atoms with Crippen LogP contribution in [0.3, 0.4) is 0 Å². The van der Waals surface area contributed by atoms with E-state index in [0.29, 0.717) is 11.1 Å². The number of nitrogens with one attached hydrogen (secondary N) is 1. The normalized spacial score (nSPS) is 14.3. The molecule has 4 rings (SSSR count). The predicted molar refractivity (Wildman–Crippen MR) is 112 cm³/mol. The van der Waals surface area contributed by atoms with Crippen LogP contribution in [0, 0.1) is 12.7 Å². The number of fused-ring (bicyclic) bond motifs is 2. The fourth-order valence-corrected chi connectivity index (χ4v) is 4.10. The molecule has 29 heavy (non-hydrogen) atoms. The van der Waals surface area contributed by atoms with Crippen LogP contribution in [0.5, 0.6) is 5.75 Å². The highest BCUT2D eigenvalue weighted by atomic mass is 19.1. The number of benzene rings is 2. The average molecular weight is 392 g/mol. The molecular formula is C24H25FN2O2. The van der Waals surface area contributed by atoms with Gasteiger partial charge < -0.3 is 10.1 Å². The summed E-state index contributed by atoms with van der Waals surface area (Å²) in [5.74, 6) is -0.379. The van der Waals surface area contributed by atoms with E-state index < -0.39 is 5.82 Å². The lowest BCUT2D eigenvalue weighted by Crippen LogP contribution is -2.29. The molecule has 1 aliphatic carbocycles. The Morgan fingerprint density at radius 2 is 1.97 bits per heavy atom. The van der Waals surface area contributed by atoms with Gasteiger partial charge in [0.25, 0.3) is 5.91 Å². The highest BCUT2D eigenvalue weighted by molar-refractivity contribution is 6.08. The summed E-state index contributed by atoms with van der Waals surface area (Å²) >= 11 is 0. The summed E-state index contributed by atoms with van der Waals surface area (Å²) in [4.78, 5) is 18.2. The smallest absolute Gasteiger partial charge is 0.252 e. The van der Waals surface area contributed by atoms with Gasteiger partial charge in [-0.1, -0.05) is 17.7 Å². The van der Waals surface area contributed by atoms with Crippen molar-refractivity contribution in [1.82, 2.24) is 10.3 Å². The van der Waals surface area contributed by atoms with Crippen molar-refractivity contribution < 1.29 is 13.9 Å². The van der Waals surface area contributed by atoms with Gasteiger partial charge in [0.15, 0.2) is 11.6 Å². The average Bonchev–Trinajstić information content (AvgIpc) is 2.71. The van der Waals surface area contributed by atoms with E-state index in [4.69, 9.17) is 9.72 Å². The van der Waals surface area contributed by atoms with Crippen molar-refractivity contribution in [2.24, 2.45) is 0 Å². The number of carbonyl (C=O) groups is 1. The monoisotopic (exact) mass is 392 g/mol. The summed E-state index contributed by atoms with van der Waals surface area (Å²) < 4.78 is 19.1. The fourth-order valence-electron chi connectivity index (χ4n) is 4.10. The number of carbonyl (C=O) groups excluding carboxylic acids is 1. The highest BCUT2D eigenvalue weighted by Gasteiger charge is 2.24. The maximum Gasteiger partial charge on any atom is 0.252 e. The minimum Gasteiger partial charge on any atom is -0.494 e. The van der Waals surface area contributed by atoms with Crippen LogP contribution in [0.1, 0.15) is 58.5 Å². The molecule has 5 heteroatoms. The molecule has 0 spiro atoms. The van der Waals surface area contributed by atoms with Gasteiger partial charge in [-0.3, -0.25) is 9.78 Å². The Hall–Kier alpha value is -2.95. The number of hydrogen-bond donors (Lipinski definition) is 1. The SMILES string of the molecule is COc1ccc(C(C)NC(=O)c2c3c(nc4ccc(C)cc24)CCCC3)cc1F. The van der Waals surface area contributed by atoms with Crippen LogP contribution in [-0.4, -0.2) is 18.0 Å². The molecule has 2 aromatic carbocycles. The number of amides is 1. The zero-order valence-corrected chi connectivity index (χ0v) is 17.0. The van der Waals surface area contributed by atoms with Gasteiger partial charge in [-0.2, -0.15) is 0 Å². The third-order valence-corrected chi connectivity index (χ3v) is 5.67. The maximum atomic E-state index is 14.1. The van der Waals surface area contributed by atoms with Crippen molar-refractivity contribution in [2.75, 3.05) is 7.11 Å². The van der Waals surface area contributed by atoms with E-state index in [-0.39, 0.29) is 17.7 Å². The summed E-state index contributed by atoms with van der Waals surface area (Å²) in [6.45, 7) is 3.88. The predicted octanol–water partition coefficient (Wildman–Crippen LogP) is 5.06. The minimum absolute atomic E-state index is 0.134. The fraction of sp³-hybridized carbons (Fsp3) is 0.333. The Balaban J connectivity index is 1.72. The molecule has 0 bridgehead atoms. The Labute approximate surface area is 170 Å². The van der Waals surface area contributed by atoms with Crippen LogP contribution in [-0.2, 0) is 12.8 Å². The Bertz CT molecular complexity index is 1090. The Morgan fingerprint density at radius 3 is 2.72 bits per heavy atom. The van der Waals surface area contributed by atoms with Crippen molar-refractivity contribution in [3.63, 3.8) is 0 Å². The maximum absolute atomic E-state index is 14.1.